The number of hydrogen-bond acceptors (Lipinski definition) is 5. The molecule has 4 heterocycles. The number of hydrogen-bond donors (Lipinski definition) is 1. The van der Waals surface area contributed by atoms with E-state index in [1.54, 1.807) is 0 Å². The molecule has 1 N–H and O–H groups in total. The highest BCUT2D eigenvalue weighted by atomic mass is 32.1. The predicted octanol–water partition coefficient (Wildman–Crippen LogP) is 2.58. The summed E-state index contributed by atoms with van der Waals surface area (Å²) in [5.74, 6) is 0. The molecule has 2 fully saturated rings. The molecule has 0 amide bonds. The maximum Gasteiger partial charge on any atom is 0.111 e. The third-order valence-electron chi connectivity index (χ3n) is 4.56. The lowest BCUT2D eigenvalue weighted by Crippen LogP contribution is -2.42. The molecule has 1 unspecified atom stereocenters. The van der Waals surface area contributed by atoms with Crippen LogP contribution in [-0.4, -0.2) is 40.5 Å². The lowest BCUT2D eigenvalue weighted by molar-refractivity contribution is 0.148. The highest BCUT2D eigenvalue weighted by molar-refractivity contribution is 7.18. The molecule has 0 radical (unpaired) electrons. The zero-order valence-electron chi connectivity index (χ0n) is 11.6. The van der Waals surface area contributed by atoms with Crippen LogP contribution in [0, 0.1) is 0 Å². The van der Waals surface area contributed by atoms with Gasteiger partial charge in [0.05, 0.1) is 22.5 Å². The number of fused-ring (bicyclic) bond motifs is 1. The average Bonchev–Trinajstić information content (AvgIpc) is 3.14. The maximum absolute atomic E-state index is 4.84. The van der Waals surface area contributed by atoms with Gasteiger partial charge in [-0.05, 0) is 51.4 Å². The van der Waals surface area contributed by atoms with Gasteiger partial charge in [-0.2, -0.15) is 0 Å². The molecule has 2 aliphatic heterocycles. The minimum absolute atomic E-state index is 0.537. The second-order valence-corrected chi connectivity index (χ2v) is 6.83. The van der Waals surface area contributed by atoms with Gasteiger partial charge in [0.15, 0.2) is 0 Å². The zero-order chi connectivity index (χ0) is 13.4. The van der Waals surface area contributed by atoms with Gasteiger partial charge in [-0.25, -0.2) is 4.98 Å². The van der Waals surface area contributed by atoms with Crippen LogP contribution < -0.4 is 5.32 Å². The Balaban J connectivity index is 1.62. The number of aromatic nitrogens is 2. The van der Waals surface area contributed by atoms with E-state index in [2.05, 4.69) is 21.3 Å². The first-order valence-corrected chi connectivity index (χ1v) is 8.40. The number of nitrogens with zero attached hydrogens (tertiary/aromatic N) is 3. The number of piperidine rings is 1. The van der Waals surface area contributed by atoms with Crippen molar-refractivity contribution in [3.05, 3.63) is 23.5 Å². The van der Waals surface area contributed by atoms with Gasteiger partial charge >= 0.3 is 0 Å². The van der Waals surface area contributed by atoms with Gasteiger partial charge in [0, 0.05) is 12.2 Å². The summed E-state index contributed by atoms with van der Waals surface area (Å²) in [7, 11) is 0. The number of thiazole rings is 1. The molecule has 2 aromatic rings. The summed E-state index contributed by atoms with van der Waals surface area (Å²) in [5, 5.41) is 4.76. The molecule has 4 nitrogen and oxygen atoms in total. The first-order valence-electron chi connectivity index (χ1n) is 7.59. The minimum atomic E-state index is 0.537. The van der Waals surface area contributed by atoms with Gasteiger partial charge in [0.1, 0.15) is 5.01 Å². The molecule has 2 saturated heterocycles. The fourth-order valence-corrected chi connectivity index (χ4v) is 4.66. The van der Waals surface area contributed by atoms with Crippen molar-refractivity contribution in [1.29, 1.82) is 0 Å². The molecule has 5 heteroatoms. The van der Waals surface area contributed by atoms with Crippen molar-refractivity contribution in [2.75, 3.05) is 19.6 Å². The summed E-state index contributed by atoms with van der Waals surface area (Å²) in [6, 6.07) is 3.37. The molecule has 1 atom stereocenters. The first kappa shape index (κ1) is 12.7. The van der Waals surface area contributed by atoms with Crippen LogP contribution in [0.5, 0.6) is 0 Å². The molecule has 20 heavy (non-hydrogen) atoms. The van der Waals surface area contributed by atoms with E-state index in [-0.39, 0.29) is 0 Å². The second kappa shape index (κ2) is 5.39. The smallest absolute Gasteiger partial charge is 0.111 e. The van der Waals surface area contributed by atoms with Crippen LogP contribution in [0.3, 0.4) is 0 Å². The average molecular weight is 288 g/mol. The maximum atomic E-state index is 4.84. The fraction of sp³-hybridized carbons (Fsp3) is 0.600. The van der Waals surface area contributed by atoms with E-state index in [1.807, 2.05) is 23.7 Å². The van der Waals surface area contributed by atoms with E-state index < -0.39 is 0 Å². The van der Waals surface area contributed by atoms with E-state index in [1.165, 1.54) is 41.9 Å². The Kier molecular flexibility index (Phi) is 3.42. The molecular weight excluding hydrogens is 268 g/mol. The molecule has 0 saturated carbocycles. The van der Waals surface area contributed by atoms with Crippen LogP contribution >= 0.6 is 11.3 Å². The van der Waals surface area contributed by atoms with E-state index in [9.17, 15) is 0 Å². The summed E-state index contributed by atoms with van der Waals surface area (Å²) < 4.78 is 1.27. The Labute approximate surface area is 123 Å². The number of nitrogens with one attached hydrogen (secondary N) is 1. The molecule has 2 aromatic heterocycles. The number of pyridine rings is 1. The number of rotatable bonds is 2. The fourth-order valence-electron chi connectivity index (χ4n) is 3.57. The van der Waals surface area contributed by atoms with Crippen LogP contribution in [-0.2, 0) is 0 Å². The monoisotopic (exact) mass is 288 g/mol. The lowest BCUT2D eigenvalue weighted by Gasteiger charge is -2.35. The Bertz CT molecular complexity index is 557. The van der Waals surface area contributed by atoms with Crippen molar-refractivity contribution in [3.8, 4) is 0 Å². The minimum Gasteiger partial charge on any atom is -0.317 e. The van der Waals surface area contributed by atoms with Crippen LogP contribution in [0.15, 0.2) is 18.5 Å². The van der Waals surface area contributed by atoms with Crippen molar-refractivity contribution in [2.24, 2.45) is 0 Å². The Morgan fingerprint density at radius 1 is 1.25 bits per heavy atom. The van der Waals surface area contributed by atoms with Crippen LogP contribution in [0.4, 0.5) is 0 Å². The summed E-state index contributed by atoms with van der Waals surface area (Å²) in [4.78, 5) is 11.7. The molecule has 0 bridgehead atoms. The van der Waals surface area contributed by atoms with E-state index >= 15 is 0 Å². The summed E-state index contributed by atoms with van der Waals surface area (Å²) >= 11 is 1.85. The third kappa shape index (κ3) is 2.24. The topological polar surface area (TPSA) is 41.0 Å². The van der Waals surface area contributed by atoms with Crippen LogP contribution in [0.1, 0.15) is 36.7 Å². The standard InChI is InChI=1S/C15H20N4S/c1-2-13(19(9-1)11-3-6-16-7-4-11)15-18-12-10-17-8-5-14(12)20-15/h5,8,10-11,13,16H,1-4,6-7,9H2. The molecule has 4 rings (SSSR count). The van der Waals surface area contributed by atoms with E-state index in [0.717, 1.165) is 24.6 Å². The summed E-state index contributed by atoms with van der Waals surface area (Å²) in [5.41, 5.74) is 1.06. The Morgan fingerprint density at radius 3 is 3.00 bits per heavy atom. The van der Waals surface area contributed by atoms with Gasteiger partial charge in [0.2, 0.25) is 0 Å². The summed E-state index contributed by atoms with van der Waals surface area (Å²) in [6.07, 6.45) is 8.88. The SMILES string of the molecule is c1cc2sc(C3CCCN3C3CCNCC3)nc2cn1. The molecule has 0 aromatic carbocycles. The van der Waals surface area contributed by atoms with E-state index in [4.69, 9.17) is 4.98 Å². The number of likely N-dealkylation sites (tertiary alicyclic amines) is 1. The molecular formula is C15H20N4S. The third-order valence-corrected chi connectivity index (χ3v) is 5.70. The van der Waals surface area contributed by atoms with Gasteiger partial charge < -0.3 is 5.32 Å². The highest BCUT2D eigenvalue weighted by Crippen LogP contribution is 2.38. The molecule has 0 aliphatic carbocycles. The van der Waals surface area contributed by atoms with Crippen molar-refractivity contribution in [3.63, 3.8) is 0 Å². The first-order chi connectivity index (χ1) is 9.92. The zero-order valence-corrected chi connectivity index (χ0v) is 12.4. The van der Waals surface area contributed by atoms with Gasteiger partial charge in [-0.1, -0.05) is 0 Å². The van der Waals surface area contributed by atoms with Gasteiger partial charge in [-0.15, -0.1) is 11.3 Å². The van der Waals surface area contributed by atoms with Crippen molar-refractivity contribution in [2.45, 2.75) is 37.8 Å². The van der Waals surface area contributed by atoms with Gasteiger partial charge in [-0.3, -0.25) is 9.88 Å². The van der Waals surface area contributed by atoms with Gasteiger partial charge in [0.25, 0.3) is 0 Å². The molecule has 106 valence electrons. The van der Waals surface area contributed by atoms with Crippen LogP contribution in [0.2, 0.25) is 0 Å². The molecule has 2 aliphatic rings. The Morgan fingerprint density at radius 2 is 2.15 bits per heavy atom. The second-order valence-electron chi connectivity index (χ2n) is 5.77. The van der Waals surface area contributed by atoms with Crippen molar-refractivity contribution >= 4 is 21.6 Å². The quantitative estimate of drug-likeness (QED) is 0.922. The summed E-state index contributed by atoms with van der Waals surface area (Å²) in [6.45, 7) is 3.57. The lowest BCUT2D eigenvalue weighted by atomic mass is 10.0. The Hall–Kier alpha value is -1.04. The molecule has 0 spiro atoms. The van der Waals surface area contributed by atoms with Crippen molar-refractivity contribution < 1.29 is 0 Å². The highest BCUT2D eigenvalue weighted by Gasteiger charge is 2.34. The van der Waals surface area contributed by atoms with Crippen LogP contribution in [0.25, 0.3) is 10.2 Å². The van der Waals surface area contributed by atoms with Crippen molar-refractivity contribution in [1.82, 2.24) is 20.2 Å². The normalized spacial score (nSPS) is 25.5. The predicted molar refractivity (Wildman–Crippen MR) is 82.0 cm³/mol. The van der Waals surface area contributed by atoms with E-state index in [0.29, 0.717) is 6.04 Å². The largest absolute Gasteiger partial charge is 0.317 e.